The molecule has 0 aliphatic rings. The van der Waals surface area contributed by atoms with E-state index in [4.69, 9.17) is 9.84 Å². The van der Waals surface area contributed by atoms with Crippen molar-refractivity contribution in [2.75, 3.05) is 7.11 Å². The van der Waals surface area contributed by atoms with Gasteiger partial charge in [-0.15, -0.1) is 0 Å². The van der Waals surface area contributed by atoms with Gasteiger partial charge in [-0.2, -0.15) is 0 Å². The van der Waals surface area contributed by atoms with Crippen LogP contribution < -0.4 is 0 Å². The zero-order chi connectivity index (χ0) is 11.1. The van der Waals surface area contributed by atoms with E-state index in [1.54, 1.807) is 0 Å². The largest absolute Gasteiger partial charge is 0.484 e. The molecule has 0 radical (unpaired) electrons. The van der Waals surface area contributed by atoms with Crippen molar-refractivity contribution in [3.05, 3.63) is 30.3 Å². The van der Waals surface area contributed by atoms with E-state index in [2.05, 4.69) is 4.99 Å². The van der Waals surface area contributed by atoms with Crippen LogP contribution in [0.1, 0.15) is 12.8 Å². The lowest BCUT2D eigenvalue weighted by atomic mass is 10.3. The van der Waals surface area contributed by atoms with Crippen molar-refractivity contribution >= 4 is 17.6 Å². The van der Waals surface area contributed by atoms with Crippen molar-refractivity contribution in [1.82, 2.24) is 0 Å². The fourth-order valence-corrected chi connectivity index (χ4v) is 1.06. The molecule has 0 amide bonds. The quantitative estimate of drug-likeness (QED) is 0.608. The number of carbonyl (C=O) groups is 1. The number of benzene rings is 1. The summed E-state index contributed by atoms with van der Waals surface area (Å²) in [6.07, 6.45) is 0.334. The first-order chi connectivity index (χ1) is 7.22. The number of methoxy groups -OCH3 is 1. The van der Waals surface area contributed by atoms with Gasteiger partial charge in [0.05, 0.1) is 19.2 Å². The van der Waals surface area contributed by atoms with Crippen LogP contribution in [0.3, 0.4) is 0 Å². The summed E-state index contributed by atoms with van der Waals surface area (Å²) in [6, 6.07) is 9.29. The molecule has 0 unspecified atom stereocenters. The molecular formula is C11H13NO3. The van der Waals surface area contributed by atoms with Gasteiger partial charge in [-0.1, -0.05) is 18.2 Å². The summed E-state index contributed by atoms with van der Waals surface area (Å²) < 4.78 is 4.99. The lowest BCUT2D eigenvalue weighted by molar-refractivity contribution is -0.136. The second-order valence-corrected chi connectivity index (χ2v) is 2.94. The van der Waals surface area contributed by atoms with Crippen LogP contribution in [0.2, 0.25) is 0 Å². The van der Waals surface area contributed by atoms with Crippen LogP contribution in [0, 0.1) is 0 Å². The number of carboxylic acid groups (broad SMARTS) is 1. The predicted molar refractivity (Wildman–Crippen MR) is 57.4 cm³/mol. The number of hydrogen-bond donors (Lipinski definition) is 1. The third-order valence-electron chi connectivity index (χ3n) is 1.80. The first-order valence-electron chi connectivity index (χ1n) is 4.61. The summed E-state index contributed by atoms with van der Waals surface area (Å²) in [5.74, 6) is -0.420. The van der Waals surface area contributed by atoms with E-state index in [0.717, 1.165) is 5.69 Å². The SMILES string of the molecule is COC(CCC(=O)O)=Nc1ccccc1. The number of rotatable bonds is 4. The normalized spacial score (nSPS) is 11.1. The molecule has 0 saturated heterocycles. The average molecular weight is 207 g/mol. The van der Waals surface area contributed by atoms with E-state index in [9.17, 15) is 4.79 Å². The highest BCUT2D eigenvalue weighted by Crippen LogP contribution is 2.11. The Morgan fingerprint density at radius 2 is 2.00 bits per heavy atom. The Labute approximate surface area is 88.2 Å². The topological polar surface area (TPSA) is 58.9 Å². The van der Waals surface area contributed by atoms with E-state index in [1.165, 1.54) is 7.11 Å². The van der Waals surface area contributed by atoms with Crippen LogP contribution in [0.15, 0.2) is 35.3 Å². The third kappa shape index (κ3) is 4.26. The van der Waals surface area contributed by atoms with E-state index >= 15 is 0 Å². The maximum Gasteiger partial charge on any atom is 0.303 e. The van der Waals surface area contributed by atoms with Crippen LogP contribution in [0.25, 0.3) is 0 Å². The standard InChI is InChI=1S/C11H13NO3/c1-15-10(7-8-11(13)14)12-9-5-3-2-4-6-9/h2-6H,7-8H2,1H3,(H,13,14). The molecular weight excluding hydrogens is 194 g/mol. The first-order valence-corrected chi connectivity index (χ1v) is 4.61. The van der Waals surface area contributed by atoms with Crippen molar-refractivity contribution in [2.24, 2.45) is 4.99 Å². The zero-order valence-electron chi connectivity index (χ0n) is 8.51. The minimum Gasteiger partial charge on any atom is -0.484 e. The minimum atomic E-state index is -0.854. The molecule has 0 bridgehead atoms. The summed E-state index contributed by atoms with van der Waals surface area (Å²) in [5, 5.41) is 8.51. The molecule has 0 aromatic heterocycles. The van der Waals surface area contributed by atoms with Crippen LogP contribution in [-0.2, 0) is 9.53 Å². The Bertz CT molecular complexity index is 346. The molecule has 4 heteroatoms. The lowest BCUT2D eigenvalue weighted by Crippen LogP contribution is -2.05. The van der Waals surface area contributed by atoms with E-state index < -0.39 is 5.97 Å². The zero-order valence-corrected chi connectivity index (χ0v) is 8.51. The number of carboxylic acids is 1. The molecule has 0 heterocycles. The Kier molecular flexibility index (Phi) is 4.34. The highest BCUT2D eigenvalue weighted by atomic mass is 16.5. The number of nitrogens with zero attached hydrogens (tertiary/aromatic N) is 1. The number of hydrogen-bond acceptors (Lipinski definition) is 3. The van der Waals surface area contributed by atoms with Gasteiger partial charge >= 0.3 is 5.97 Å². The second kappa shape index (κ2) is 5.80. The summed E-state index contributed by atoms with van der Waals surface area (Å²) in [7, 11) is 1.49. The highest BCUT2D eigenvalue weighted by Gasteiger charge is 2.03. The Balaban J connectivity index is 2.65. The number of ether oxygens (including phenoxy) is 1. The van der Waals surface area contributed by atoms with Crippen molar-refractivity contribution in [2.45, 2.75) is 12.8 Å². The van der Waals surface area contributed by atoms with Gasteiger partial charge in [0, 0.05) is 6.42 Å². The molecule has 1 aromatic rings. The second-order valence-electron chi connectivity index (χ2n) is 2.94. The van der Waals surface area contributed by atoms with Crippen molar-refractivity contribution in [1.29, 1.82) is 0 Å². The van der Waals surface area contributed by atoms with Gasteiger partial charge in [0.15, 0.2) is 5.90 Å². The number of aliphatic imine (C=N–C) groups is 1. The fraction of sp³-hybridized carbons (Fsp3) is 0.273. The Hall–Kier alpha value is -1.84. The van der Waals surface area contributed by atoms with Gasteiger partial charge in [-0.05, 0) is 12.1 Å². The van der Waals surface area contributed by atoms with Gasteiger partial charge in [-0.25, -0.2) is 4.99 Å². The smallest absolute Gasteiger partial charge is 0.303 e. The molecule has 0 aliphatic heterocycles. The van der Waals surface area contributed by atoms with Gasteiger partial charge in [0.25, 0.3) is 0 Å². The number of aliphatic carboxylic acids is 1. The van der Waals surface area contributed by atoms with Crippen LogP contribution in [0.5, 0.6) is 0 Å². The highest BCUT2D eigenvalue weighted by molar-refractivity contribution is 5.82. The third-order valence-corrected chi connectivity index (χ3v) is 1.80. The Morgan fingerprint density at radius 3 is 2.53 bits per heavy atom. The lowest BCUT2D eigenvalue weighted by Gasteiger charge is -2.02. The molecule has 0 fully saturated rings. The molecule has 4 nitrogen and oxygen atoms in total. The average Bonchev–Trinajstić information content (AvgIpc) is 2.25. The van der Waals surface area contributed by atoms with E-state index in [-0.39, 0.29) is 6.42 Å². The molecule has 1 N–H and O–H groups in total. The number of para-hydroxylation sites is 1. The van der Waals surface area contributed by atoms with Gasteiger partial charge in [0.2, 0.25) is 0 Å². The monoisotopic (exact) mass is 207 g/mol. The molecule has 0 atom stereocenters. The molecule has 1 rings (SSSR count). The van der Waals surface area contributed by atoms with Gasteiger partial charge < -0.3 is 9.84 Å². The first kappa shape index (κ1) is 11.2. The maximum atomic E-state index is 10.4. The summed E-state index contributed by atoms with van der Waals surface area (Å²) >= 11 is 0. The molecule has 0 saturated carbocycles. The molecule has 15 heavy (non-hydrogen) atoms. The fourth-order valence-electron chi connectivity index (χ4n) is 1.06. The van der Waals surface area contributed by atoms with Crippen molar-refractivity contribution in [3.8, 4) is 0 Å². The van der Waals surface area contributed by atoms with E-state index in [1.807, 2.05) is 30.3 Å². The predicted octanol–water partition coefficient (Wildman–Crippen LogP) is 2.23. The summed E-state index contributed by atoms with van der Waals surface area (Å²) in [5.41, 5.74) is 0.764. The molecule has 80 valence electrons. The van der Waals surface area contributed by atoms with Gasteiger partial charge in [-0.3, -0.25) is 4.79 Å². The molecule has 1 aromatic carbocycles. The minimum absolute atomic E-state index is 0.0273. The van der Waals surface area contributed by atoms with Crippen LogP contribution >= 0.6 is 0 Å². The van der Waals surface area contributed by atoms with Crippen molar-refractivity contribution < 1.29 is 14.6 Å². The maximum absolute atomic E-state index is 10.4. The van der Waals surface area contributed by atoms with Crippen LogP contribution in [0.4, 0.5) is 5.69 Å². The van der Waals surface area contributed by atoms with Crippen LogP contribution in [-0.4, -0.2) is 24.1 Å². The summed E-state index contributed by atoms with van der Waals surface area (Å²) in [6.45, 7) is 0. The van der Waals surface area contributed by atoms with Gasteiger partial charge in [0.1, 0.15) is 0 Å². The summed E-state index contributed by atoms with van der Waals surface area (Å²) in [4.78, 5) is 14.5. The molecule has 0 aliphatic carbocycles. The van der Waals surface area contributed by atoms with E-state index in [0.29, 0.717) is 12.3 Å². The molecule has 0 spiro atoms. The van der Waals surface area contributed by atoms with Crippen molar-refractivity contribution in [3.63, 3.8) is 0 Å². The Morgan fingerprint density at radius 1 is 1.33 bits per heavy atom.